The minimum absolute atomic E-state index is 0.0804. The van der Waals surface area contributed by atoms with Crippen LogP contribution in [0.15, 0.2) is 36.7 Å². The van der Waals surface area contributed by atoms with Crippen molar-refractivity contribution in [3.05, 3.63) is 47.8 Å². The third kappa shape index (κ3) is 2.72. The quantitative estimate of drug-likeness (QED) is 0.724. The van der Waals surface area contributed by atoms with Crippen LogP contribution < -0.4 is 0 Å². The highest BCUT2D eigenvalue weighted by molar-refractivity contribution is 5.45. The van der Waals surface area contributed by atoms with Crippen LogP contribution in [0.5, 0.6) is 0 Å². The molecular formula is C11H6F6N2. The zero-order valence-electron chi connectivity index (χ0n) is 9.13. The molecule has 1 heterocycles. The van der Waals surface area contributed by atoms with Gasteiger partial charge in [-0.2, -0.15) is 31.4 Å². The molecule has 102 valence electrons. The average Bonchev–Trinajstić information content (AvgIpc) is 2.79. The topological polar surface area (TPSA) is 17.8 Å². The van der Waals surface area contributed by atoms with Gasteiger partial charge in [-0.05, 0) is 24.3 Å². The van der Waals surface area contributed by atoms with Gasteiger partial charge in [-0.3, -0.25) is 0 Å². The normalized spacial score (nSPS) is 12.7. The molecule has 2 nitrogen and oxygen atoms in total. The van der Waals surface area contributed by atoms with E-state index < -0.39 is 29.2 Å². The molecule has 0 atom stereocenters. The Morgan fingerprint density at radius 3 is 2.11 bits per heavy atom. The molecule has 0 aliphatic rings. The van der Waals surface area contributed by atoms with Crippen LogP contribution in [0.4, 0.5) is 26.3 Å². The first-order valence-electron chi connectivity index (χ1n) is 4.98. The lowest BCUT2D eigenvalue weighted by molar-refractivity contribution is -0.143. The summed E-state index contributed by atoms with van der Waals surface area (Å²) in [5.41, 5.74) is -3.19. The molecule has 1 aromatic carbocycles. The standard InChI is InChI=1S/C11H6F6N2/c12-10(13,14)7-2-3-9(19-5-1-4-18-19)8(6-7)11(15,16)17/h1-6H. The smallest absolute Gasteiger partial charge is 0.240 e. The van der Waals surface area contributed by atoms with Crippen molar-refractivity contribution in [2.75, 3.05) is 0 Å². The van der Waals surface area contributed by atoms with Crippen LogP contribution in [0.1, 0.15) is 11.1 Å². The van der Waals surface area contributed by atoms with Crippen molar-refractivity contribution in [2.24, 2.45) is 0 Å². The highest BCUT2D eigenvalue weighted by Crippen LogP contribution is 2.38. The Kier molecular flexibility index (Phi) is 3.03. The Morgan fingerprint density at radius 2 is 1.63 bits per heavy atom. The molecule has 0 fully saturated rings. The number of hydrogen-bond acceptors (Lipinski definition) is 1. The Labute approximate surface area is 103 Å². The lowest BCUT2D eigenvalue weighted by Gasteiger charge is -2.15. The maximum absolute atomic E-state index is 12.8. The summed E-state index contributed by atoms with van der Waals surface area (Å²) in [6.07, 6.45) is -7.28. The zero-order chi connectivity index (χ0) is 14.3. The van der Waals surface area contributed by atoms with Gasteiger partial charge in [0, 0.05) is 12.4 Å². The van der Waals surface area contributed by atoms with Gasteiger partial charge in [-0.15, -0.1) is 0 Å². The molecule has 0 saturated carbocycles. The first-order valence-corrected chi connectivity index (χ1v) is 4.98. The highest BCUT2D eigenvalue weighted by Gasteiger charge is 2.38. The molecule has 0 radical (unpaired) electrons. The van der Waals surface area contributed by atoms with Gasteiger partial charge in [0.1, 0.15) is 0 Å². The van der Waals surface area contributed by atoms with Gasteiger partial charge in [0.2, 0.25) is 0 Å². The van der Waals surface area contributed by atoms with E-state index in [1.165, 1.54) is 18.5 Å². The Hall–Kier alpha value is -1.99. The maximum atomic E-state index is 12.8. The third-order valence-corrected chi connectivity index (χ3v) is 2.38. The van der Waals surface area contributed by atoms with Gasteiger partial charge in [-0.25, -0.2) is 4.68 Å². The van der Waals surface area contributed by atoms with Crippen molar-refractivity contribution in [2.45, 2.75) is 12.4 Å². The van der Waals surface area contributed by atoms with Gasteiger partial charge in [0.15, 0.2) is 0 Å². The fourth-order valence-corrected chi connectivity index (χ4v) is 1.55. The monoisotopic (exact) mass is 280 g/mol. The SMILES string of the molecule is FC(F)(F)c1ccc(-n2cccn2)c(C(F)(F)F)c1. The number of rotatable bonds is 1. The Morgan fingerprint density at radius 1 is 0.947 bits per heavy atom. The third-order valence-electron chi connectivity index (χ3n) is 2.38. The molecule has 1 aromatic heterocycles. The van der Waals surface area contributed by atoms with E-state index in [9.17, 15) is 26.3 Å². The minimum Gasteiger partial charge on any atom is -0.240 e. The van der Waals surface area contributed by atoms with Gasteiger partial charge in [0.25, 0.3) is 0 Å². The van der Waals surface area contributed by atoms with Crippen molar-refractivity contribution in [3.63, 3.8) is 0 Å². The summed E-state index contributed by atoms with van der Waals surface area (Å²) in [6, 6.07) is 2.79. The fourth-order valence-electron chi connectivity index (χ4n) is 1.55. The molecule has 0 bridgehead atoms. The van der Waals surface area contributed by atoms with Crippen LogP contribution in [0, 0.1) is 0 Å². The van der Waals surface area contributed by atoms with E-state index in [2.05, 4.69) is 5.10 Å². The van der Waals surface area contributed by atoms with Crippen LogP contribution in [0.2, 0.25) is 0 Å². The molecule has 2 rings (SSSR count). The van der Waals surface area contributed by atoms with E-state index in [0.717, 1.165) is 10.7 Å². The largest absolute Gasteiger partial charge is 0.418 e. The van der Waals surface area contributed by atoms with Crippen LogP contribution in [-0.4, -0.2) is 9.78 Å². The molecule has 0 unspecified atom stereocenters. The van der Waals surface area contributed by atoms with E-state index in [1.54, 1.807) is 0 Å². The van der Waals surface area contributed by atoms with E-state index in [1.807, 2.05) is 0 Å². The molecular weight excluding hydrogens is 274 g/mol. The van der Waals surface area contributed by atoms with Crippen molar-refractivity contribution in [1.29, 1.82) is 0 Å². The molecule has 0 saturated heterocycles. The molecule has 0 spiro atoms. The number of alkyl halides is 6. The molecule has 2 aromatic rings. The maximum Gasteiger partial charge on any atom is 0.418 e. The van der Waals surface area contributed by atoms with Crippen LogP contribution in [-0.2, 0) is 12.4 Å². The summed E-state index contributed by atoms with van der Waals surface area (Å²) < 4.78 is 76.6. The summed E-state index contributed by atoms with van der Waals surface area (Å²) in [5, 5.41) is 3.59. The first-order chi connectivity index (χ1) is 8.69. The van der Waals surface area contributed by atoms with E-state index in [-0.39, 0.29) is 6.07 Å². The second-order valence-electron chi connectivity index (χ2n) is 3.68. The van der Waals surface area contributed by atoms with Crippen molar-refractivity contribution >= 4 is 0 Å². The summed E-state index contributed by atoms with van der Waals surface area (Å²) in [6.45, 7) is 0. The number of nitrogens with zero attached hydrogens (tertiary/aromatic N) is 2. The summed E-state index contributed by atoms with van der Waals surface area (Å²) >= 11 is 0. The predicted molar refractivity (Wildman–Crippen MR) is 53.6 cm³/mol. The number of halogens is 6. The molecule has 0 N–H and O–H groups in total. The Bertz CT molecular complexity index is 568. The van der Waals surface area contributed by atoms with Gasteiger partial charge < -0.3 is 0 Å². The highest BCUT2D eigenvalue weighted by atomic mass is 19.4. The molecule has 8 heteroatoms. The molecule has 0 amide bonds. The lowest BCUT2D eigenvalue weighted by Crippen LogP contribution is -2.14. The molecule has 0 aliphatic heterocycles. The van der Waals surface area contributed by atoms with Gasteiger partial charge in [-0.1, -0.05) is 0 Å². The Balaban J connectivity index is 2.63. The van der Waals surface area contributed by atoms with Crippen molar-refractivity contribution in [1.82, 2.24) is 9.78 Å². The molecule has 0 aliphatic carbocycles. The van der Waals surface area contributed by atoms with E-state index in [0.29, 0.717) is 6.07 Å². The second kappa shape index (κ2) is 4.29. The second-order valence-corrected chi connectivity index (χ2v) is 3.68. The molecule has 19 heavy (non-hydrogen) atoms. The number of benzene rings is 1. The van der Waals surface area contributed by atoms with Crippen molar-refractivity contribution < 1.29 is 26.3 Å². The minimum atomic E-state index is -4.90. The summed E-state index contributed by atoms with van der Waals surface area (Å²) in [7, 11) is 0. The van der Waals surface area contributed by atoms with Gasteiger partial charge >= 0.3 is 12.4 Å². The fraction of sp³-hybridized carbons (Fsp3) is 0.182. The first kappa shape index (κ1) is 13.4. The summed E-state index contributed by atoms with van der Waals surface area (Å²) in [4.78, 5) is 0. The van der Waals surface area contributed by atoms with Crippen LogP contribution in [0.3, 0.4) is 0 Å². The van der Waals surface area contributed by atoms with Crippen molar-refractivity contribution in [3.8, 4) is 5.69 Å². The summed E-state index contributed by atoms with van der Waals surface area (Å²) in [5.74, 6) is 0. The van der Waals surface area contributed by atoms with Gasteiger partial charge in [0.05, 0.1) is 16.8 Å². The zero-order valence-corrected chi connectivity index (χ0v) is 9.13. The predicted octanol–water partition coefficient (Wildman–Crippen LogP) is 3.91. The lowest BCUT2D eigenvalue weighted by atomic mass is 10.1. The van der Waals surface area contributed by atoms with Crippen LogP contribution in [0.25, 0.3) is 5.69 Å². The number of hydrogen-bond donors (Lipinski definition) is 0. The van der Waals surface area contributed by atoms with E-state index in [4.69, 9.17) is 0 Å². The average molecular weight is 280 g/mol. The van der Waals surface area contributed by atoms with Crippen LogP contribution >= 0.6 is 0 Å². The number of aromatic nitrogens is 2. The van der Waals surface area contributed by atoms with E-state index >= 15 is 0 Å².